The van der Waals surface area contributed by atoms with Crippen molar-refractivity contribution in [2.45, 2.75) is 0 Å². The van der Waals surface area contributed by atoms with Crippen molar-refractivity contribution in [1.29, 1.82) is 0 Å². The molecule has 148 valence electrons. The monoisotopic (exact) mass is 402 g/mol. The first-order valence-corrected chi connectivity index (χ1v) is 8.85. The molecule has 0 saturated carbocycles. The van der Waals surface area contributed by atoms with Crippen molar-refractivity contribution in [1.82, 2.24) is 9.97 Å². The predicted molar refractivity (Wildman–Crippen MR) is 113 cm³/mol. The lowest BCUT2D eigenvalue weighted by atomic mass is 10.2. The minimum Gasteiger partial charge on any atom is -0.493 e. The molecule has 4 rings (SSSR count). The Balaban J connectivity index is 0.00000225. The summed E-state index contributed by atoms with van der Waals surface area (Å²) in [6.07, 6.45) is 1.54. The van der Waals surface area contributed by atoms with Crippen molar-refractivity contribution in [3.8, 4) is 11.5 Å². The Morgan fingerprint density at radius 2 is 1.64 bits per heavy atom. The van der Waals surface area contributed by atoms with E-state index in [1.807, 2.05) is 12.1 Å². The van der Waals surface area contributed by atoms with Gasteiger partial charge in [0.2, 0.25) is 0 Å². The van der Waals surface area contributed by atoms with Gasteiger partial charge in [0.1, 0.15) is 12.1 Å². The molecule has 0 atom stereocenters. The summed E-state index contributed by atoms with van der Waals surface area (Å²) < 4.78 is 16.2. The molecule has 0 unspecified atom stereocenters. The number of hydrogen-bond acceptors (Lipinski definition) is 7. The smallest absolute Gasteiger partial charge is 0.162 e. The van der Waals surface area contributed by atoms with Gasteiger partial charge in [0.05, 0.1) is 33.0 Å². The molecule has 8 heteroatoms. The van der Waals surface area contributed by atoms with E-state index in [-0.39, 0.29) is 12.4 Å². The molecule has 1 aliphatic rings. The summed E-state index contributed by atoms with van der Waals surface area (Å²) in [4.78, 5) is 11.1. The van der Waals surface area contributed by atoms with E-state index < -0.39 is 0 Å². The summed E-state index contributed by atoms with van der Waals surface area (Å²) in [5, 5.41) is 4.24. The largest absolute Gasteiger partial charge is 0.493 e. The molecule has 3 aromatic rings. The fourth-order valence-corrected chi connectivity index (χ4v) is 3.20. The highest BCUT2D eigenvalue weighted by atomic mass is 35.5. The Kier molecular flexibility index (Phi) is 6.38. The minimum absolute atomic E-state index is 0. The maximum atomic E-state index is 5.41. The number of hydrogen-bond donors (Lipinski definition) is 1. The van der Waals surface area contributed by atoms with Crippen LogP contribution in [0.4, 0.5) is 17.2 Å². The van der Waals surface area contributed by atoms with E-state index in [1.54, 1.807) is 20.5 Å². The second-order valence-electron chi connectivity index (χ2n) is 6.22. The summed E-state index contributed by atoms with van der Waals surface area (Å²) in [6, 6.07) is 12.1. The Morgan fingerprint density at radius 3 is 2.32 bits per heavy atom. The van der Waals surface area contributed by atoms with Gasteiger partial charge in [0.25, 0.3) is 0 Å². The lowest BCUT2D eigenvalue weighted by Gasteiger charge is -2.28. The van der Waals surface area contributed by atoms with E-state index in [1.165, 1.54) is 5.69 Å². The molecular formula is C20H23ClN4O3. The first-order valence-electron chi connectivity index (χ1n) is 8.85. The average Bonchev–Trinajstić information content (AvgIpc) is 2.74. The molecule has 7 nitrogen and oxygen atoms in total. The number of halogens is 1. The molecule has 2 heterocycles. The topological polar surface area (TPSA) is 68.7 Å². The normalized spacial score (nSPS) is 13.7. The number of methoxy groups -OCH3 is 2. The van der Waals surface area contributed by atoms with Crippen molar-refractivity contribution in [3.05, 3.63) is 42.7 Å². The second-order valence-corrected chi connectivity index (χ2v) is 6.22. The number of morpholine rings is 1. The molecule has 1 fully saturated rings. The van der Waals surface area contributed by atoms with Crippen LogP contribution in [-0.4, -0.2) is 50.5 Å². The summed E-state index contributed by atoms with van der Waals surface area (Å²) in [5.41, 5.74) is 2.94. The van der Waals surface area contributed by atoms with Gasteiger partial charge in [0.15, 0.2) is 11.5 Å². The summed E-state index contributed by atoms with van der Waals surface area (Å²) in [7, 11) is 3.23. The van der Waals surface area contributed by atoms with Crippen LogP contribution >= 0.6 is 12.4 Å². The van der Waals surface area contributed by atoms with Crippen LogP contribution in [0, 0.1) is 0 Å². The number of nitrogens with zero attached hydrogens (tertiary/aromatic N) is 3. The maximum Gasteiger partial charge on any atom is 0.162 e. The van der Waals surface area contributed by atoms with Gasteiger partial charge in [-0.3, -0.25) is 0 Å². The standard InChI is InChI=1S/C20H22N4O3.ClH/c1-25-18-11-16-17(12-19(18)26-2)21-13-22-20(16)23-14-3-5-15(6-4-14)24-7-9-27-10-8-24;/h3-6,11-13H,7-10H2,1-2H3,(H,21,22,23);1H. The molecule has 0 spiro atoms. The number of benzene rings is 2. The van der Waals surface area contributed by atoms with E-state index in [0.717, 1.165) is 48.7 Å². The average molecular weight is 403 g/mol. The fraction of sp³-hybridized carbons (Fsp3) is 0.300. The third-order valence-electron chi connectivity index (χ3n) is 4.65. The van der Waals surface area contributed by atoms with Gasteiger partial charge in [-0.1, -0.05) is 0 Å². The number of nitrogens with one attached hydrogen (secondary N) is 1. The third kappa shape index (κ3) is 4.05. The molecule has 1 N–H and O–H groups in total. The molecule has 1 aromatic heterocycles. The Bertz CT molecular complexity index is 931. The van der Waals surface area contributed by atoms with Gasteiger partial charge in [-0.15, -0.1) is 12.4 Å². The molecule has 0 bridgehead atoms. The van der Waals surface area contributed by atoms with Crippen LogP contribution in [0.3, 0.4) is 0 Å². The van der Waals surface area contributed by atoms with Crippen LogP contribution in [0.25, 0.3) is 10.9 Å². The summed E-state index contributed by atoms with van der Waals surface area (Å²) in [5.74, 6) is 2.01. The zero-order valence-corrected chi connectivity index (χ0v) is 16.7. The summed E-state index contributed by atoms with van der Waals surface area (Å²) >= 11 is 0. The van der Waals surface area contributed by atoms with Crippen LogP contribution in [0.15, 0.2) is 42.7 Å². The third-order valence-corrected chi connectivity index (χ3v) is 4.65. The van der Waals surface area contributed by atoms with Gasteiger partial charge in [-0.2, -0.15) is 0 Å². The maximum absolute atomic E-state index is 5.41. The lowest BCUT2D eigenvalue weighted by molar-refractivity contribution is 0.122. The van der Waals surface area contributed by atoms with Crippen molar-refractivity contribution >= 4 is 40.5 Å². The minimum atomic E-state index is 0. The highest BCUT2D eigenvalue weighted by Crippen LogP contribution is 2.34. The van der Waals surface area contributed by atoms with Gasteiger partial charge in [0, 0.05) is 35.9 Å². The van der Waals surface area contributed by atoms with Gasteiger partial charge in [-0.05, 0) is 30.3 Å². The zero-order chi connectivity index (χ0) is 18.6. The van der Waals surface area contributed by atoms with Crippen molar-refractivity contribution in [2.75, 3.05) is 50.7 Å². The second kappa shape index (κ2) is 8.95. The molecule has 1 aliphatic heterocycles. The Labute approximate surface area is 170 Å². The van der Waals surface area contributed by atoms with Crippen LogP contribution in [0.1, 0.15) is 0 Å². The van der Waals surface area contributed by atoms with Gasteiger partial charge in [-0.25, -0.2) is 9.97 Å². The molecular weight excluding hydrogens is 380 g/mol. The summed E-state index contributed by atoms with van der Waals surface area (Å²) in [6.45, 7) is 3.40. The number of anilines is 3. The first-order chi connectivity index (χ1) is 13.3. The van der Waals surface area contributed by atoms with Crippen molar-refractivity contribution < 1.29 is 14.2 Å². The fourth-order valence-electron chi connectivity index (χ4n) is 3.20. The molecule has 1 saturated heterocycles. The van der Waals surface area contributed by atoms with Gasteiger partial charge >= 0.3 is 0 Å². The van der Waals surface area contributed by atoms with Crippen LogP contribution in [0.2, 0.25) is 0 Å². The number of fused-ring (bicyclic) bond motifs is 1. The molecule has 28 heavy (non-hydrogen) atoms. The first kappa shape index (κ1) is 20.0. The van der Waals surface area contributed by atoms with Crippen molar-refractivity contribution in [3.63, 3.8) is 0 Å². The van der Waals surface area contributed by atoms with E-state index >= 15 is 0 Å². The van der Waals surface area contributed by atoms with Gasteiger partial charge < -0.3 is 24.4 Å². The van der Waals surface area contributed by atoms with Crippen LogP contribution in [-0.2, 0) is 4.74 Å². The lowest BCUT2D eigenvalue weighted by Crippen LogP contribution is -2.36. The van der Waals surface area contributed by atoms with E-state index in [2.05, 4.69) is 44.5 Å². The number of rotatable bonds is 5. The Hall–Kier alpha value is -2.77. The van der Waals surface area contributed by atoms with E-state index in [9.17, 15) is 0 Å². The molecule has 2 aromatic carbocycles. The highest BCUT2D eigenvalue weighted by molar-refractivity contribution is 5.93. The number of ether oxygens (including phenoxy) is 3. The molecule has 0 aliphatic carbocycles. The molecule has 0 radical (unpaired) electrons. The zero-order valence-electron chi connectivity index (χ0n) is 15.8. The number of aromatic nitrogens is 2. The van der Waals surface area contributed by atoms with Crippen LogP contribution < -0.4 is 19.7 Å². The SMILES string of the molecule is COc1cc2ncnc(Nc3ccc(N4CCOCC4)cc3)c2cc1OC.Cl. The predicted octanol–water partition coefficient (Wildman–Crippen LogP) is 3.65. The quantitative estimate of drug-likeness (QED) is 0.698. The van der Waals surface area contributed by atoms with Crippen molar-refractivity contribution in [2.24, 2.45) is 0 Å². The van der Waals surface area contributed by atoms with E-state index in [0.29, 0.717) is 11.5 Å². The Morgan fingerprint density at radius 1 is 0.964 bits per heavy atom. The highest BCUT2D eigenvalue weighted by Gasteiger charge is 2.13. The van der Waals surface area contributed by atoms with E-state index in [4.69, 9.17) is 14.2 Å². The van der Waals surface area contributed by atoms with Crippen LogP contribution in [0.5, 0.6) is 11.5 Å². The molecule has 0 amide bonds.